The molecule has 2 N–H and O–H groups in total. The van der Waals surface area contributed by atoms with Crippen molar-refractivity contribution in [3.8, 4) is 0 Å². The van der Waals surface area contributed by atoms with Crippen LogP contribution in [0.5, 0.6) is 0 Å². The van der Waals surface area contributed by atoms with Crippen LogP contribution >= 0.6 is 7.60 Å². The van der Waals surface area contributed by atoms with Crippen LogP contribution in [0.1, 0.15) is 6.92 Å². The molecule has 0 saturated carbocycles. The van der Waals surface area contributed by atoms with Crippen molar-refractivity contribution in [2.45, 2.75) is 6.92 Å². The van der Waals surface area contributed by atoms with Crippen molar-refractivity contribution in [2.75, 3.05) is 6.61 Å². The molecule has 0 aliphatic heterocycles. The molecule has 5 heteroatoms. The predicted octanol–water partition coefficient (Wildman–Crippen LogP) is 0.672. The highest BCUT2D eigenvalue weighted by molar-refractivity contribution is 7.55. The van der Waals surface area contributed by atoms with Crippen molar-refractivity contribution >= 4 is 7.60 Å². The van der Waals surface area contributed by atoms with E-state index in [0.29, 0.717) is 6.61 Å². The minimum Gasteiger partial charge on any atom is -0.501 e. The number of rotatable bonds is 3. The molecule has 9 heavy (non-hydrogen) atoms. The third kappa shape index (κ3) is 7.69. The number of ether oxygens (including phenoxy) is 1. The molecule has 0 aromatic carbocycles. The highest BCUT2D eigenvalue weighted by Crippen LogP contribution is 2.35. The van der Waals surface area contributed by atoms with Crippen molar-refractivity contribution in [3.05, 3.63) is 12.1 Å². The summed E-state index contributed by atoms with van der Waals surface area (Å²) in [4.78, 5) is 16.4. The molecule has 54 valence electrons. The molecule has 0 spiro atoms. The van der Waals surface area contributed by atoms with Gasteiger partial charge in [-0.1, -0.05) is 0 Å². The Morgan fingerprint density at radius 1 is 1.67 bits per heavy atom. The molecule has 4 nitrogen and oxygen atoms in total. The van der Waals surface area contributed by atoms with Gasteiger partial charge in [0.2, 0.25) is 0 Å². The van der Waals surface area contributed by atoms with Crippen LogP contribution in [0.25, 0.3) is 0 Å². The lowest BCUT2D eigenvalue weighted by molar-refractivity contribution is 0.268. The SMILES string of the molecule is CCOC=CP(=O)(O)O. The Balaban J connectivity index is 3.58. The van der Waals surface area contributed by atoms with Gasteiger partial charge in [0.15, 0.2) is 0 Å². The second-order valence-corrected chi connectivity index (χ2v) is 2.81. The maximum atomic E-state index is 10.0. The Bertz CT molecular complexity index is 136. The highest BCUT2D eigenvalue weighted by atomic mass is 31.2. The van der Waals surface area contributed by atoms with Crippen molar-refractivity contribution in [3.63, 3.8) is 0 Å². The van der Waals surface area contributed by atoms with E-state index in [-0.39, 0.29) is 0 Å². The lowest BCUT2D eigenvalue weighted by Gasteiger charge is -1.94. The fourth-order valence-corrected chi connectivity index (χ4v) is 0.463. The van der Waals surface area contributed by atoms with Crippen LogP contribution in [0, 0.1) is 0 Å². The summed E-state index contributed by atoms with van der Waals surface area (Å²) in [7, 11) is -4.00. The van der Waals surface area contributed by atoms with Gasteiger partial charge in [0, 0.05) is 0 Å². The van der Waals surface area contributed by atoms with Gasteiger partial charge in [-0.2, -0.15) is 0 Å². The number of hydrogen-bond donors (Lipinski definition) is 2. The van der Waals surface area contributed by atoms with Gasteiger partial charge in [0.25, 0.3) is 0 Å². The highest BCUT2D eigenvalue weighted by Gasteiger charge is 2.04. The van der Waals surface area contributed by atoms with E-state index in [1.807, 2.05) is 0 Å². The first kappa shape index (κ1) is 8.69. The minimum absolute atomic E-state index is 0.413. The largest absolute Gasteiger partial charge is 0.501 e. The van der Waals surface area contributed by atoms with Gasteiger partial charge in [-0.25, -0.2) is 0 Å². The van der Waals surface area contributed by atoms with Gasteiger partial charge < -0.3 is 14.5 Å². The molecule has 0 atom stereocenters. The topological polar surface area (TPSA) is 66.8 Å². The summed E-state index contributed by atoms with van der Waals surface area (Å²) in [6.45, 7) is 2.14. The van der Waals surface area contributed by atoms with Crippen LogP contribution in [0.3, 0.4) is 0 Å². The summed E-state index contributed by atoms with van der Waals surface area (Å²) in [6.07, 6.45) is 1.00. The van der Waals surface area contributed by atoms with Gasteiger partial charge in [-0.05, 0) is 6.92 Å². The van der Waals surface area contributed by atoms with Crippen LogP contribution in [0.4, 0.5) is 0 Å². The molecule has 0 amide bonds. The summed E-state index contributed by atoms with van der Waals surface area (Å²) in [5, 5.41) is 0. The molecule has 0 heterocycles. The third-order valence-electron chi connectivity index (χ3n) is 0.518. The van der Waals surface area contributed by atoms with E-state index in [4.69, 9.17) is 9.79 Å². The normalized spacial score (nSPS) is 12.3. The first-order valence-corrected chi connectivity index (χ1v) is 4.09. The van der Waals surface area contributed by atoms with Crippen LogP contribution < -0.4 is 0 Å². The van der Waals surface area contributed by atoms with Gasteiger partial charge in [-0.15, -0.1) is 0 Å². The standard InChI is InChI=1S/C4H9O4P/c1-2-8-3-4-9(5,6)7/h3-4H,2H2,1H3,(H2,5,6,7). The third-order valence-corrected chi connectivity index (χ3v) is 1.03. The maximum Gasteiger partial charge on any atom is 0.352 e. The Morgan fingerprint density at radius 2 is 2.22 bits per heavy atom. The Labute approximate surface area is 53.3 Å². The molecule has 0 aromatic rings. The summed E-state index contributed by atoms with van der Waals surface area (Å²) in [5.74, 6) is 0.719. The first-order valence-electron chi connectivity index (χ1n) is 2.41. The van der Waals surface area contributed by atoms with E-state index < -0.39 is 7.60 Å². The van der Waals surface area contributed by atoms with E-state index in [2.05, 4.69) is 4.74 Å². The first-order chi connectivity index (χ1) is 4.06. The minimum atomic E-state index is -4.00. The average molecular weight is 152 g/mol. The quantitative estimate of drug-likeness (QED) is 0.460. The van der Waals surface area contributed by atoms with E-state index in [0.717, 1.165) is 12.1 Å². The second-order valence-electron chi connectivity index (χ2n) is 1.33. The smallest absolute Gasteiger partial charge is 0.352 e. The van der Waals surface area contributed by atoms with Crippen molar-refractivity contribution in [1.29, 1.82) is 0 Å². The molecule has 0 bridgehead atoms. The molecule has 0 saturated heterocycles. The van der Waals surface area contributed by atoms with Crippen LogP contribution in [0.15, 0.2) is 12.1 Å². The summed E-state index contributed by atoms with van der Waals surface area (Å²) in [6, 6.07) is 0. The fourth-order valence-electron chi connectivity index (χ4n) is 0.219. The maximum absolute atomic E-state index is 10.0. The second kappa shape index (κ2) is 3.67. The number of hydrogen-bond acceptors (Lipinski definition) is 2. The lowest BCUT2D eigenvalue weighted by Crippen LogP contribution is -1.77. The molecule has 0 unspecified atom stereocenters. The summed E-state index contributed by atoms with van der Waals surface area (Å²) >= 11 is 0. The molecule has 0 fully saturated rings. The van der Waals surface area contributed by atoms with E-state index >= 15 is 0 Å². The Kier molecular flexibility index (Phi) is 3.54. The monoisotopic (exact) mass is 152 g/mol. The predicted molar refractivity (Wildman–Crippen MR) is 32.8 cm³/mol. The van der Waals surface area contributed by atoms with Crippen molar-refractivity contribution in [2.24, 2.45) is 0 Å². The molecule has 0 aliphatic carbocycles. The van der Waals surface area contributed by atoms with Gasteiger partial charge >= 0.3 is 7.60 Å². The molecule has 0 rings (SSSR count). The van der Waals surface area contributed by atoms with Crippen molar-refractivity contribution in [1.82, 2.24) is 0 Å². The van der Waals surface area contributed by atoms with Gasteiger partial charge in [0.1, 0.15) is 0 Å². The van der Waals surface area contributed by atoms with E-state index in [1.54, 1.807) is 6.92 Å². The van der Waals surface area contributed by atoms with Crippen molar-refractivity contribution < 1.29 is 19.1 Å². The average Bonchev–Trinajstić information content (AvgIpc) is 1.63. The molecule has 0 aliphatic rings. The molecular weight excluding hydrogens is 143 g/mol. The van der Waals surface area contributed by atoms with Crippen LogP contribution in [0.2, 0.25) is 0 Å². The molecule has 0 radical (unpaired) electrons. The zero-order chi connectivity index (χ0) is 7.33. The zero-order valence-electron chi connectivity index (χ0n) is 5.02. The van der Waals surface area contributed by atoms with Crippen LogP contribution in [-0.2, 0) is 9.30 Å². The Hall–Kier alpha value is -0.310. The van der Waals surface area contributed by atoms with E-state index in [1.165, 1.54) is 0 Å². The van der Waals surface area contributed by atoms with Crippen LogP contribution in [-0.4, -0.2) is 16.4 Å². The molecule has 0 aromatic heterocycles. The summed E-state index contributed by atoms with van der Waals surface area (Å²) in [5.41, 5.74) is 0. The summed E-state index contributed by atoms with van der Waals surface area (Å²) < 4.78 is 14.6. The van der Waals surface area contributed by atoms with Gasteiger partial charge in [-0.3, -0.25) is 4.57 Å². The lowest BCUT2D eigenvalue weighted by atomic mass is 10.9. The van der Waals surface area contributed by atoms with E-state index in [9.17, 15) is 4.57 Å². The zero-order valence-corrected chi connectivity index (χ0v) is 5.91. The van der Waals surface area contributed by atoms with Gasteiger partial charge in [0.05, 0.1) is 18.7 Å². The molecular formula is C4H9O4P. The fraction of sp³-hybridized carbons (Fsp3) is 0.500. The Morgan fingerprint density at radius 3 is 2.56 bits per heavy atom.